The van der Waals surface area contributed by atoms with Crippen LogP contribution in [-0.4, -0.2) is 23.7 Å². The van der Waals surface area contributed by atoms with Crippen molar-refractivity contribution in [2.45, 2.75) is 32.2 Å². The maximum atomic E-state index is 14.5. The number of fused-ring (bicyclic) bond motifs is 3. The Labute approximate surface area is 152 Å². The van der Waals surface area contributed by atoms with E-state index in [0.29, 0.717) is 12.0 Å². The molecule has 0 unspecified atom stereocenters. The van der Waals surface area contributed by atoms with Gasteiger partial charge in [0.25, 0.3) is 0 Å². The lowest BCUT2D eigenvalue weighted by Gasteiger charge is -2.29. The summed E-state index contributed by atoms with van der Waals surface area (Å²) in [7, 11) is 1.63. The summed E-state index contributed by atoms with van der Waals surface area (Å²) in [6.07, 6.45) is 2.05. The maximum absolute atomic E-state index is 14.5. The molecule has 0 aromatic heterocycles. The Morgan fingerprint density at radius 1 is 1.31 bits per heavy atom. The molecule has 2 aromatic carbocycles. The average Bonchev–Trinajstić information content (AvgIpc) is 3.07. The molecular formula is C21H21FN2O2. The lowest BCUT2D eigenvalue weighted by Crippen LogP contribution is -2.32. The first-order valence-corrected chi connectivity index (χ1v) is 8.96. The summed E-state index contributed by atoms with van der Waals surface area (Å²) in [5.74, 6) is 0.362. The number of hydrogen-bond acceptors (Lipinski definition) is 3. The third-order valence-corrected chi connectivity index (χ3v) is 5.31. The van der Waals surface area contributed by atoms with E-state index in [1.54, 1.807) is 26.2 Å². The van der Waals surface area contributed by atoms with Gasteiger partial charge in [0.05, 0.1) is 18.9 Å². The first-order valence-electron chi connectivity index (χ1n) is 8.96. The Hall–Kier alpha value is -2.69. The fraction of sp³-hybridized carbons (Fsp3) is 0.333. The number of hydrogen-bond donors (Lipinski definition) is 0. The molecule has 0 saturated heterocycles. The number of methoxy groups -OCH3 is 1. The van der Waals surface area contributed by atoms with E-state index in [1.165, 1.54) is 16.6 Å². The summed E-state index contributed by atoms with van der Waals surface area (Å²) in [6.45, 7) is 1.81. The number of carbonyl (C=O) groups excluding carboxylic acids is 1. The van der Waals surface area contributed by atoms with Crippen molar-refractivity contribution in [1.82, 2.24) is 5.01 Å². The monoisotopic (exact) mass is 352 g/mol. The van der Waals surface area contributed by atoms with Crippen molar-refractivity contribution in [2.75, 3.05) is 7.11 Å². The molecule has 0 spiro atoms. The van der Waals surface area contributed by atoms with Crippen LogP contribution in [0, 0.1) is 11.7 Å². The molecule has 1 heterocycles. The second-order valence-corrected chi connectivity index (χ2v) is 6.71. The molecule has 2 aromatic rings. The van der Waals surface area contributed by atoms with E-state index in [1.807, 2.05) is 18.2 Å². The van der Waals surface area contributed by atoms with E-state index in [4.69, 9.17) is 4.74 Å². The SMILES string of the molecule is CCC(=O)N1N=C2c3cc(OC)ccc3CC[C@H]2[C@@H]1c1ccccc1F. The predicted molar refractivity (Wildman–Crippen MR) is 97.6 cm³/mol. The zero-order valence-electron chi connectivity index (χ0n) is 14.9. The molecule has 0 bridgehead atoms. The van der Waals surface area contributed by atoms with Gasteiger partial charge in [0.2, 0.25) is 5.91 Å². The van der Waals surface area contributed by atoms with Gasteiger partial charge in [-0.05, 0) is 36.6 Å². The summed E-state index contributed by atoms with van der Waals surface area (Å²) >= 11 is 0. The Kier molecular flexibility index (Phi) is 4.23. The molecule has 2 atom stereocenters. The van der Waals surface area contributed by atoms with Gasteiger partial charge in [-0.3, -0.25) is 4.79 Å². The number of amides is 1. The number of ether oxygens (including phenoxy) is 1. The molecule has 5 heteroatoms. The van der Waals surface area contributed by atoms with Crippen LogP contribution < -0.4 is 4.74 Å². The zero-order chi connectivity index (χ0) is 18.3. The molecule has 0 fully saturated rings. The molecule has 0 N–H and O–H groups in total. The number of nitrogens with zero attached hydrogens (tertiary/aromatic N) is 2. The number of halogens is 1. The van der Waals surface area contributed by atoms with Crippen LogP contribution >= 0.6 is 0 Å². The predicted octanol–water partition coefficient (Wildman–Crippen LogP) is 4.09. The van der Waals surface area contributed by atoms with Crippen LogP contribution in [0.3, 0.4) is 0 Å². The van der Waals surface area contributed by atoms with Gasteiger partial charge in [-0.25, -0.2) is 9.40 Å². The highest BCUT2D eigenvalue weighted by molar-refractivity contribution is 6.07. The molecule has 2 aliphatic rings. The van der Waals surface area contributed by atoms with E-state index < -0.39 is 6.04 Å². The van der Waals surface area contributed by atoms with Gasteiger partial charge >= 0.3 is 0 Å². The van der Waals surface area contributed by atoms with Crippen molar-refractivity contribution in [3.8, 4) is 5.75 Å². The first kappa shape index (κ1) is 16.8. The summed E-state index contributed by atoms with van der Waals surface area (Å²) in [4.78, 5) is 12.6. The standard InChI is InChI=1S/C21H21FN2O2/c1-3-19(25)24-21(15-6-4-5-7-18(15)22)16-11-9-13-8-10-14(26-2)12-17(13)20(16)23-24/h4-8,10,12,16,21H,3,9,11H2,1-2H3/t16-,21+/m1/s1. The second kappa shape index (κ2) is 6.56. The number of hydrazone groups is 1. The molecule has 26 heavy (non-hydrogen) atoms. The van der Waals surface area contributed by atoms with Crippen LogP contribution in [-0.2, 0) is 11.2 Å². The number of aryl methyl sites for hydroxylation is 1. The summed E-state index contributed by atoms with van der Waals surface area (Å²) in [6, 6.07) is 12.3. The van der Waals surface area contributed by atoms with Crippen molar-refractivity contribution in [3.63, 3.8) is 0 Å². The largest absolute Gasteiger partial charge is 0.497 e. The van der Waals surface area contributed by atoms with Crippen molar-refractivity contribution >= 4 is 11.6 Å². The van der Waals surface area contributed by atoms with Crippen molar-refractivity contribution in [2.24, 2.45) is 11.0 Å². The van der Waals surface area contributed by atoms with Gasteiger partial charge in [0, 0.05) is 23.5 Å². The number of benzene rings is 2. The lowest BCUT2D eigenvalue weighted by molar-refractivity contribution is -0.133. The molecule has 134 valence electrons. The summed E-state index contributed by atoms with van der Waals surface area (Å²) in [5.41, 5.74) is 3.59. The molecule has 4 nitrogen and oxygen atoms in total. The first-order chi connectivity index (χ1) is 12.6. The van der Waals surface area contributed by atoms with Crippen molar-refractivity contribution < 1.29 is 13.9 Å². The minimum atomic E-state index is -0.391. The van der Waals surface area contributed by atoms with Crippen LogP contribution in [0.15, 0.2) is 47.6 Å². The van der Waals surface area contributed by atoms with E-state index in [2.05, 4.69) is 11.2 Å². The molecule has 1 aliphatic heterocycles. The van der Waals surface area contributed by atoms with Crippen LogP contribution in [0.4, 0.5) is 4.39 Å². The van der Waals surface area contributed by atoms with Gasteiger partial charge in [-0.15, -0.1) is 0 Å². The zero-order valence-corrected chi connectivity index (χ0v) is 14.9. The van der Waals surface area contributed by atoms with Gasteiger partial charge in [-0.1, -0.05) is 31.2 Å². The molecule has 1 aliphatic carbocycles. The molecule has 0 saturated carbocycles. The van der Waals surface area contributed by atoms with Gasteiger partial charge in [0.1, 0.15) is 11.6 Å². The minimum absolute atomic E-state index is 0.0120. The van der Waals surface area contributed by atoms with E-state index >= 15 is 0 Å². The van der Waals surface area contributed by atoms with Gasteiger partial charge < -0.3 is 4.74 Å². The third-order valence-electron chi connectivity index (χ3n) is 5.31. The van der Waals surface area contributed by atoms with Crippen molar-refractivity contribution in [1.29, 1.82) is 0 Å². The fourth-order valence-corrected chi connectivity index (χ4v) is 4.01. The smallest absolute Gasteiger partial charge is 0.242 e. The van der Waals surface area contributed by atoms with E-state index in [0.717, 1.165) is 29.9 Å². The summed E-state index contributed by atoms with van der Waals surface area (Å²) < 4.78 is 19.9. The quantitative estimate of drug-likeness (QED) is 0.835. The van der Waals surface area contributed by atoms with Crippen molar-refractivity contribution in [3.05, 3.63) is 65.0 Å². The van der Waals surface area contributed by atoms with Crippen LogP contribution in [0.5, 0.6) is 5.75 Å². The van der Waals surface area contributed by atoms with Gasteiger partial charge in [0.15, 0.2) is 0 Å². The Bertz CT molecular complexity index is 893. The second-order valence-electron chi connectivity index (χ2n) is 6.71. The normalized spacial score (nSPS) is 21.0. The molecular weight excluding hydrogens is 331 g/mol. The Morgan fingerprint density at radius 2 is 2.12 bits per heavy atom. The van der Waals surface area contributed by atoms with E-state index in [9.17, 15) is 9.18 Å². The number of rotatable bonds is 3. The van der Waals surface area contributed by atoms with Crippen LogP contribution in [0.25, 0.3) is 0 Å². The Balaban J connectivity index is 1.84. The summed E-state index contributed by atoms with van der Waals surface area (Å²) in [5, 5.41) is 6.17. The highest BCUT2D eigenvalue weighted by atomic mass is 19.1. The molecule has 1 amide bonds. The third kappa shape index (κ3) is 2.59. The minimum Gasteiger partial charge on any atom is -0.497 e. The Morgan fingerprint density at radius 3 is 2.85 bits per heavy atom. The topological polar surface area (TPSA) is 41.9 Å². The number of carbonyl (C=O) groups is 1. The highest BCUT2D eigenvalue weighted by Gasteiger charge is 2.44. The highest BCUT2D eigenvalue weighted by Crippen LogP contribution is 2.44. The maximum Gasteiger partial charge on any atom is 0.242 e. The molecule has 0 radical (unpaired) electrons. The fourth-order valence-electron chi connectivity index (χ4n) is 4.01. The lowest BCUT2D eigenvalue weighted by atomic mass is 9.77. The van der Waals surface area contributed by atoms with E-state index in [-0.39, 0.29) is 17.6 Å². The molecule has 4 rings (SSSR count). The average molecular weight is 352 g/mol. The van der Waals surface area contributed by atoms with Crippen LogP contribution in [0.2, 0.25) is 0 Å². The van der Waals surface area contributed by atoms with Gasteiger partial charge in [-0.2, -0.15) is 5.10 Å². The van der Waals surface area contributed by atoms with Crippen LogP contribution in [0.1, 0.15) is 42.5 Å².